The summed E-state index contributed by atoms with van der Waals surface area (Å²) in [7, 11) is 6.48. The van der Waals surface area contributed by atoms with E-state index in [1.165, 1.54) is 21.3 Å². The largest absolute Gasteiger partial charge is 0.493 e. The zero-order chi connectivity index (χ0) is 20.8. The van der Waals surface area contributed by atoms with Crippen molar-refractivity contribution >= 4 is 23.1 Å². The topological polar surface area (TPSA) is 72.9 Å². The quantitative estimate of drug-likeness (QED) is 0.651. The predicted octanol–water partition coefficient (Wildman–Crippen LogP) is 4.13. The van der Waals surface area contributed by atoms with Crippen molar-refractivity contribution in [2.24, 2.45) is 0 Å². The SMILES string of the molecule is COc1cc(C(=O)Nc2ccc(N(C)c3ccccc3)cn2)cc(OC)c1OC. The van der Waals surface area contributed by atoms with Crippen LogP contribution < -0.4 is 24.4 Å². The van der Waals surface area contributed by atoms with Crippen LogP contribution in [-0.4, -0.2) is 39.3 Å². The minimum atomic E-state index is -0.332. The minimum Gasteiger partial charge on any atom is -0.493 e. The first kappa shape index (κ1) is 20.0. The lowest BCUT2D eigenvalue weighted by atomic mass is 10.1. The number of nitrogens with one attached hydrogen (secondary N) is 1. The summed E-state index contributed by atoms with van der Waals surface area (Å²) >= 11 is 0. The first-order chi connectivity index (χ1) is 14.1. The molecule has 0 unspecified atom stereocenters. The van der Waals surface area contributed by atoms with E-state index in [0.717, 1.165) is 11.4 Å². The second-order valence-corrected chi connectivity index (χ2v) is 6.16. The summed E-state index contributed by atoms with van der Waals surface area (Å²) in [6.45, 7) is 0. The number of methoxy groups -OCH3 is 3. The number of benzene rings is 2. The van der Waals surface area contributed by atoms with E-state index in [2.05, 4.69) is 10.3 Å². The third-order valence-corrected chi connectivity index (χ3v) is 4.45. The maximum atomic E-state index is 12.7. The lowest BCUT2D eigenvalue weighted by Gasteiger charge is -2.19. The van der Waals surface area contributed by atoms with Crippen molar-refractivity contribution in [1.82, 2.24) is 4.98 Å². The zero-order valence-electron chi connectivity index (χ0n) is 16.8. The summed E-state index contributed by atoms with van der Waals surface area (Å²) in [6, 6.07) is 16.8. The number of amides is 1. The van der Waals surface area contributed by atoms with E-state index in [4.69, 9.17) is 14.2 Å². The van der Waals surface area contributed by atoms with Crippen molar-refractivity contribution < 1.29 is 19.0 Å². The van der Waals surface area contributed by atoms with Gasteiger partial charge in [-0.3, -0.25) is 4.79 Å². The normalized spacial score (nSPS) is 10.2. The van der Waals surface area contributed by atoms with Crippen LogP contribution >= 0.6 is 0 Å². The number of pyridine rings is 1. The summed E-state index contributed by atoms with van der Waals surface area (Å²) in [4.78, 5) is 19.0. The van der Waals surface area contributed by atoms with E-state index in [1.54, 1.807) is 24.4 Å². The Balaban J connectivity index is 1.77. The van der Waals surface area contributed by atoms with Gasteiger partial charge in [-0.2, -0.15) is 0 Å². The molecule has 0 bridgehead atoms. The van der Waals surface area contributed by atoms with Crippen LogP contribution in [0.15, 0.2) is 60.8 Å². The molecule has 0 aliphatic carbocycles. The molecule has 0 saturated heterocycles. The molecule has 0 saturated carbocycles. The van der Waals surface area contributed by atoms with Gasteiger partial charge in [-0.1, -0.05) is 18.2 Å². The number of carbonyl (C=O) groups is 1. The van der Waals surface area contributed by atoms with Gasteiger partial charge in [0.2, 0.25) is 5.75 Å². The van der Waals surface area contributed by atoms with Crippen molar-refractivity contribution in [3.8, 4) is 17.2 Å². The molecule has 3 rings (SSSR count). The van der Waals surface area contributed by atoms with Gasteiger partial charge in [-0.25, -0.2) is 4.98 Å². The predicted molar refractivity (Wildman–Crippen MR) is 113 cm³/mol. The van der Waals surface area contributed by atoms with Crippen LogP contribution in [0.25, 0.3) is 0 Å². The summed E-state index contributed by atoms with van der Waals surface area (Å²) in [6.07, 6.45) is 1.71. The highest BCUT2D eigenvalue weighted by molar-refractivity contribution is 6.04. The molecule has 0 fully saturated rings. The van der Waals surface area contributed by atoms with Crippen LogP contribution in [0.5, 0.6) is 17.2 Å². The molecule has 2 aromatic carbocycles. The maximum absolute atomic E-state index is 12.7. The minimum absolute atomic E-state index is 0.332. The van der Waals surface area contributed by atoms with Gasteiger partial charge in [0.05, 0.1) is 33.2 Å². The Labute approximate surface area is 169 Å². The van der Waals surface area contributed by atoms with Gasteiger partial charge in [0.15, 0.2) is 11.5 Å². The standard InChI is InChI=1S/C22H23N3O4/c1-25(16-8-6-5-7-9-16)17-10-11-20(23-14-17)24-22(26)15-12-18(27-2)21(29-4)19(13-15)28-3/h5-14H,1-4H3,(H,23,24,26). The van der Waals surface area contributed by atoms with Gasteiger partial charge in [-0.05, 0) is 36.4 Å². The molecule has 0 spiro atoms. The fraction of sp³-hybridized carbons (Fsp3) is 0.182. The second-order valence-electron chi connectivity index (χ2n) is 6.16. The summed E-state index contributed by atoms with van der Waals surface area (Å²) in [5.41, 5.74) is 2.32. The van der Waals surface area contributed by atoms with Crippen LogP contribution in [0.3, 0.4) is 0 Å². The van der Waals surface area contributed by atoms with Crippen LogP contribution in [0.1, 0.15) is 10.4 Å². The summed E-state index contributed by atoms with van der Waals surface area (Å²) in [5, 5.41) is 2.78. The monoisotopic (exact) mass is 393 g/mol. The van der Waals surface area contributed by atoms with Crippen molar-refractivity contribution in [2.45, 2.75) is 0 Å². The molecule has 29 heavy (non-hydrogen) atoms. The average molecular weight is 393 g/mol. The van der Waals surface area contributed by atoms with Crippen molar-refractivity contribution in [3.05, 3.63) is 66.4 Å². The molecule has 150 valence electrons. The summed E-state index contributed by atoms with van der Waals surface area (Å²) < 4.78 is 15.9. The maximum Gasteiger partial charge on any atom is 0.257 e. The first-order valence-corrected chi connectivity index (χ1v) is 8.93. The molecule has 0 radical (unpaired) electrons. The molecule has 1 N–H and O–H groups in total. The van der Waals surface area contributed by atoms with Gasteiger partial charge in [0.1, 0.15) is 5.82 Å². The lowest BCUT2D eigenvalue weighted by molar-refractivity contribution is 0.102. The van der Waals surface area contributed by atoms with Gasteiger partial charge in [-0.15, -0.1) is 0 Å². The molecule has 0 aliphatic rings. The molecule has 0 aliphatic heterocycles. The van der Waals surface area contributed by atoms with E-state index < -0.39 is 0 Å². The average Bonchev–Trinajstić information content (AvgIpc) is 2.78. The number of rotatable bonds is 7. The highest BCUT2D eigenvalue weighted by Gasteiger charge is 2.17. The van der Waals surface area contributed by atoms with Gasteiger partial charge in [0.25, 0.3) is 5.91 Å². The molecule has 0 atom stereocenters. The van der Waals surface area contributed by atoms with Crippen molar-refractivity contribution in [3.63, 3.8) is 0 Å². The summed E-state index contributed by atoms with van der Waals surface area (Å²) in [5.74, 6) is 1.35. The molecule has 3 aromatic rings. The Bertz CT molecular complexity index is 950. The third kappa shape index (κ3) is 4.40. The van der Waals surface area contributed by atoms with E-state index in [-0.39, 0.29) is 5.91 Å². The Kier molecular flexibility index (Phi) is 6.19. The number of nitrogens with zero attached hydrogens (tertiary/aromatic N) is 2. The fourth-order valence-corrected chi connectivity index (χ4v) is 2.86. The molecule has 1 aromatic heterocycles. The number of anilines is 3. The van der Waals surface area contributed by atoms with Crippen molar-refractivity contribution in [1.29, 1.82) is 0 Å². The second kappa shape index (κ2) is 8.97. The Morgan fingerprint density at radius 2 is 1.55 bits per heavy atom. The van der Waals surface area contributed by atoms with Gasteiger partial charge >= 0.3 is 0 Å². The number of ether oxygens (including phenoxy) is 3. The fourth-order valence-electron chi connectivity index (χ4n) is 2.86. The molecule has 1 amide bonds. The van der Waals surface area contributed by atoms with Crippen LogP contribution in [-0.2, 0) is 0 Å². The molecular formula is C22H23N3O4. The zero-order valence-corrected chi connectivity index (χ0v) is 16.8. The number of aromatic nitrogens is 1. The van der Waals surface area contributed by atoms with E-state index in [1.807, 2.05) is 48.3 Å². The van der Waals surface area contributed by atoms with Crippen molar-refractivity contribution in [2.75, 3.05) is 38.6 Å². The number of carbonyl (C=O) groups excluding carboxylic acids is 1. The van der Waals surface area contributed by atoms with E-state index in [0.29, 0.717) is 28.6 Å². The molecule has 1 heterocycles. The number of hydrogen-bond donors (Lipinski definition) is 1. The highest BCUT2D eigenvalue weighted by atomic mass is 16.5. The lowest BCUT2D eigenvalue weighted by Crippen LogP contribution is -2.14. The van der Waals surface area contributed by atoms with E-state index in [9.17, 15) is 4.79 Å². The number of para-hydroxylation sites is 1. The molecular weight excluding hydrogens is 370 g/mol. The van der Waals surface area contributed by atoms with Crippen LogP contribution in [0.4, 0.5) is 17.2 Å². The first-order valence-electron chi connectivity index (χ1n) is 8.93. The van der Waals surface area contributed by atoms with Crippen LogP contribution in [0.2, 0.25) is 0 Å². The highest BCUT2D eigenvalue weighted by Crippen LogP contribution is 2.38. The Morgan fingerprint density at radius 3 is 2.07 bits per heavy atom. The smallest absolute Gasteiger partial charge is 0.257 e. The Hall–Kier alpha value is -3.74. The molecule has 7 nitrogen and oxygen atoms in total. The van der Waals surface area contributed by atoms with Crippen LogP contribution in [0, 0.1) is 0 Å². The molecule has 7 heteroatoms. The third-order valence-electron chi connectivity index (χ3n) is 4.45. The van der Waals surface area contributed by atoms with E-state index >= 15 is 0 Å². The van der Waals surface area contributed by atoms with Gasteiger partial charge < -0.3 is 24.4 Å². The van der Waals surface area contributed by atoms with Gasteiger partial charge in [0, 0.05) is 18.3 Å². The Morgan fingerprint density at radius 1 is 0.897 bits per heavy atom. The number of hydrogen-bond acceptors (Lipinski definition) is 6.